The molecule has 0 amide bonds. The van der Waals surface area contributed by atoms with Gasteiger partial charge in [-0.2, -0.15) is 0 Å². The predicted octanol–water partition coefficient (Wildman–Crippen LogP) is 4.55. The number of imidazole rings is 1. The van der Waals surface area contributed by atoms with Crippen molar-refractivity contribution < 1.29 is 13.9 Å². The van der Waals surface area contributed by atoms with Crippen LogP contribution in [0.1, 0.15) is 17.5 Å². The molecule has 0 radical (unpaired) electrons. The Morgan fingerprint density at radius 2 is 2.00 bits per heavy atom. The smallest absolute Gasteiger partial charge is 0.162 e. The molecule has 0 aliphatic rings. The van der Waals surface area contributed by atoms with E-state index in [-0.39, 0.29) is 5.82 Å². The third-order valence-corrected chi connectivity index (χ3v) is 5.02. The summed E-state index contributed by atoms with van der Waals surface area (Å²) in [5, 5.41) is 3.44. The molecule has 2 aromatic carbocycles. The molecule has 28 heavy (non-hydrogen) atoms. The molecule has 0 aliphatic carbocycles. The Morgan fingerprint density at radius 1 is 1.18 bits per heavy atom. The summed E-state index contributed by atoms with van der Waals surface area (Å²) < 4.78 is 27.4. The zero-order valence-electron chi connectivity index (χ0n) is 15.7. The number of rotatable bonds is 10. The highest BCUT2D eigenvalue weighted by atomic mass is 79.9. The molecule has 0 saturated heterocycles. The Morgan fingerprint density at radius 3 is 2.71 bits per heavy atom. The summed E-state index contributed by atoms with van der Waals surface area (Å²) in [7, 11) is 1.62. The average Bonchev–Trinajstić information content (AvgIpc) is 3.22. The minimum absolute atomic E-state index is 0.258. The highest BCUT2D eigenvalue weighted by Gasteiger charge is 2.11. The molecule has 1 N–H and O–H groups in total. The van der Waals surface area contributed by atoms with Crippen molar-refractivity contribution in [3.05, 3.63) is 76.5 Å². The molecule has 0 aliphatic heterocycles. The molecule has 0 bridgehead atoms. The second-order valence-corrected chi connectivity index (χ2v) is 7.19. The molecule has 3 rings (SSSR count). The maximum atomic E-state index is 13.0. The summed E-state index contributed by atoms with van der Waals surface area (Å²) in [5.74, 6) is 1.05. The molecule has 7 heteroatoms. The number of halogens is 2. The number of ether oxygens (including phenoxy) is 2. The van der Waals surface area contributed by atoms with Crippen LogP contribution in [0.25, 0.3) is 0 Å². The molecule has 1 heterocycles. The van der Waals surface area contributed by atoms with E-state index in [1.807, 2.05) is 24.7 Å². The summed E-state index contributed by atoms with van der Waals surface area (Å²) >= 11 is 3.61. The number of hydrogen-bond donors (Lipinski definition) is 1. The molecule has 0 saturated carbocycles. The number of nitrogens with one attached hydrogen (secondary N) is 1. The van der Waals surface area contributed by atoms with Gasteiger partial charge in [0, 0.05) is 30.0 Å². The van der Waals surface area contributed by atoms with Crippen LogP contribution in [-0.4, -0.2) is 23.2 Å². The fourth-order valence-electron chi connectivity index (χ4n) is 2.76. The maximum Gasteiger partial charge on any atom is 0.162 e. The summed E-state index contributed by atoms with van der Waals surface area (Å²) in [4.78, 5) is 4.04. The minimum Gasteiger partial charge on any atom is -0.493 e. The third-order valence-electron chi connectivity index (χ3n) is 4.28. The lowest BCUT2D eigenvalue weighted by molar-refractivity contribution is 0.284. The maximum absolute atomic E-state index is 13.0. The van der Waals surface area contributed by atoms with Crippen molar-refractivity contribution in [2.75, 3.05) is 13.7 Å². The lowest BCUT2D eigenvalue weighted by Gasteiger charge is -2.14. The van der Waals surface area contributed by atoms with E-state index in [1.54, 1.807) is 25.4 Å². The van der Waals surface area contributed by atoms with Crippen LogP contribution in [0, 0.1) is 5.82 Å². The Balaban J connectivity index is 1.53. The van der Waals surface area contributed by atoms with E-state index in [9.17, 15) is 4.39 Å². The van der Waals surface area contributed by atoms with Gasteiger partial charge in [0.2, 0.25) is 0 Å². The first-order chi connectivity index (χ1) is 13.7. The standard InChI is InChI=1S/C21H23BrFN3O2/c1-27-20-11-17(13-24-7-2-9-26-10-8-25-15-26)19(22)12-21(20)28-14-16-3-5-18(23)6-4-16/h3-6,8,10-12,15,24H,2,7,9,13-14H2,1H3. The van der Waals surface area contributed by atoms with E-state index < -0.39 is 0 Å². The first-order valence-electron chi connectivity index (χ1n) is 9.06. The van der Waals surface area contributed by atoms with Crippen LogP contribution in [0.5, 0.6) is 11.5 Å². The highest BCUT2D eigenvalue weighted by Crippen LogP contribution is 2.34. The monoisotopic (exact) mass is 447 g/mol. The van der Waals surface area contributed by atoms with Crippen molar-refractivity contribution in [3.8, 4) is 11.5 Å². The molecule has 0 fully saturated rings. The van der Waals surface area contributed by atoms with Crippen LogP contribution >= 0.6 is 15.9 Å². The molecule has 0 spiro atoms. The summed E-state index contributed by atoms with van der Waals surface area (Å²) in [6.07, 6.45) is 6.60. The molecular weight excluding hydrogens is 425 g/mol. The van der Waals surface area contributed by atoms with Gasteiger partial charge in [-0.25, -0.2) is 9.37 Å². The van der Waals surface area contributed by atoms with Gasteiger partial charge in [-0.1, -0.05) is 28.1 Å². The van der Waals surface area contributed by atoms with Gasteiger partial charge < -0.3 is 19.4 Å². The lowest BCUT2D eigenvalue weighted by atomic mass is 10.2. The van der Waals surface area contributed by atoms with E-state index in [0.717, 1.165) is 41.7 Å². The molecule has 5 nitrogen and oxygen atoms in total. The lowest BCUT2D eigenvalue weighted by Crippen LogP contribution is -2.16. The van der Waals surface area contributed by atoms with Crippen LogP contribution in [0.2, 0.25) is 0 Å². The van der Waals surface area contributed by atoms with Gasteiger partial charge in [-0.15, -0.1) is 0 Å². The van der Waals surface area contributed by atoms with Gasteiger partial charge in [-0.3, -0.25) is 0 Å². The molecule has 0 unspecified atom stereocenters. The predicted molar refractivity (Wildman–Crippen MR) is 110 cm³/mol. The number of benzene rings is 2. The van der Waals surface area contributed by atoms with Gasteiger partial charge in [0.05, 0.1) is 13.4 Å². The summed E-state index contributed by atoms with van der Waals surface area (Å²) in [6, 6.07) is 10.1. The van der Waals surface area contributed by atoms with Crippen molar-refractivity contribution in [3.63, 3.8) is 0 Å². The first kappa shape index (κ1) is 20.4. The van der Waals surface area contributed by atoms with E-state index in [4.69, 9.17) is 9.47 Å². The minimum atomic E-state index is -0.258. The topological polar surface area (TPSA) is 48.3 Å². The number of aryl methyl sites for hydroxylation is 1. The molecule has 148 valence electrons. The van der Waals surface area contributed by atoms with Crippen LogP contribution in [0.15, 0.2) is 59.6 Å². The van der Waals surface area contributed by atoms with E-state index in [1.165, 1.54) is 12.1 Å². The molecule has 0 atom stereocenters. The number of methoxy groups -OCH3 is 1. The first-order valence-corrected chi connectivity index (χ1v) is 9.85. The molecule has 3 aromatic rings. The van der Waals surface area contributed by atoms with Crippen molar-refractivity contribution in [1.82, 2.24) is 14.9 Å². The Hall–Kier alpha value is -2.38. The summed E-state index contributed by atoms with van der Waals surface area (Å²) in [6.45, 7) is 2.90. The van der Waals surface area contributed by atoms with Crippen molar-refractivity contribution in [2.45, 2.75) is 26.1 Å². The zero-order valence-corrected chi connectivity index (χ0v) is 17.3. The van der Waals surface area contributed by atoms with Crippen molar-refractivity contribution >= 4 is 15.9 Å². The SMILES string of the molecule is COc1cc(CNCCCn2ccnc2)c(Br)cc1OCc1ccc(F)cc1. The van der Waals surface area contributed by atoms with Crippen LogP contribution < -0.4 is 14.8 Å². The fourth-order valence-corrected chi connectivity index (χ4v) is 3.22. The van der Waals surface area contributed by atoms with Gasteiger partial charge >= 0.3 is 0 Å². The normalized spacial score (nSPS) is 10.8. The highest BCUT2D eigenvalue weighted by molar-refractivity contribution is 9.10. The van der Waals surface area contributed by atoms with Crippen molar-refractivity contribution in [2.24, 2.45) is 0 Å². The van der Waals surface area contributed by atoms with E-state index in [2.05, 4.69) is 30.8 Å². The third kappa shape index (κ3) is 5.81. The van der Waals surface area contributed by atoms with Gasteiger partial charge in [-0.05, 0) is 48.4 Å². The van der Waals surface area contributed by atoms with Crippen LogP contribution in [-0.2, 0) is 19.7 Å². The second-order valence-electron chi connectivity index (χ2n) is 6.34. The van der Waals surface area contributed by atoms with Gasteiger partial charge in [0.15, 0.2) is 11.5 Å². The Kier molecular flexibility index (Phi) is 7.45. The van der Waals surface area contributed by atoms with E-state index >= 15 is 0 Å². The quantitative estimate of drug-likeness (QED) is 0.463. The van der Waals surface area contributed by atoms with Gasteiger partial charge in [0.1, 0.15) is 12.4 Å². The van der Waals surface area contributed by atoms with Crippen molar-refractivity contribution in [1.29, 1.82) is 0 Å². The average molecular weight is 448 g/mol. The second kappa shape index (κ2) is 10.2. The number of aromatic nitrogens is 2. The fraction of sp³-hybridized carbons (Fsp3) is 0.286. The molecule has 1 aromatic heterocycles. The van der Waals surface area contributed by atoms with E-state index in [0.29, 0.717) is 18.1 Å². The van der Waals surface area contributed by atoms with Crippen LogP contribution in [0.3, 0.4) is 0 Å². The van der Waals surface area contributed by atoms with Crippen LogP contribution in [0.4, 0.5) is 4.39 Å². The van der Waals surface area contributed by atoms with Gasteiger partial charge in [0.25, 0.3) is 0 Å². The Labute approximate surface area is 172 Å². The molecular formula is C21H23BrFN3O2. The largest absolute Gasteiger partial charge is 0.493 e. The zero-order chi connectivity index (χ0) is 19.8. The number of nitrogens with zero attached hydrogens (tertiary/aromatic N) is 2. The number of hydrogen-bond acceptors (Lipinski definition) is 4. The Bertz CT molecular complexity index is 870. The summed E-state index contributed by atoms with van der Waals surface area (Å²) in [5.41, 5.74) is 1.98.